The van der Waals surface area contributed by atoms with E-state index in [1.54, 1.807) is 13.2 Å². The van der Waals surface area contributed by atoms with E-state index in [1.807, 2.05) is 19.2 Å². The number of methoxy groups -OCH3 is 1. The molecule has 0 saturated heterocycles. The van der Waals surface area contributed by atoms with E-state index in [2.05, 4.69) is 44.3 Å². The molecule has 0 heterocycles. The highest BCUT2D eigenvalue weighted by atomic mass is 31.1. The summed E-state index contributed by atoms with van der Waals surface area (Å²) < 4.78 is 5.39. The van der Waals surface area contributed by atoms with Crippen molar-refractivity contribution in [2.24, 2.45) is 0 Å². The van der Waals surface area contributed by atoms with Gasteiger partial charge in [-0.25, -0.2) is 0 Å². The fraction of sp³-hybridized carbons (Fsp3) is 0.429. The van der Waals surface area contributed by atoms with Crippen LogP contribution in [0, 0.1) is 6.92 Å². The zero-order valence-electron chi connectivity index (χ0n) is 15.9. The monoisotopic (exact) mass is 359 g/mol. The van der Waals surface area contributed by atoms with Crippen molar-refractivity contribution in [2.75, 3.05) is 14.2 Å². The third-order valence-electron chi connectivity index (χ3n) is 4.59. The van der Waals surface area contributed by atoms with Gasteiger partial charge in [0.15, 0.2) is 0 Å². The summed E-state index contributed by atoms with van der Waals surface area (Å²) in [7, 11) is 4.22. The summed E-state index contributed by atoms with van der Waals surface area (Å²) in [6, 6.07) is 12.2. The number of phenols is 1. The number of aryl methyl sites for hydroxylation is 1. The Morgan fingerprint density at radius 1 is 1.20 bits per heavy atom. The van der Waals surface area contributed by atoms with Gasteiger partial charge < -0.3 is 15.2 Å². The van der Waals surface area contributed by atoms with Crippen LogP contribution in [0.1, 0.15) is 43.4 Å². The molecule has 4 heteroatoms. The second kappa shape index (κ2) is 8.69. The Balaban J connectivity index is 2.47. The summed E-state index contributed by atoms with van der Waals surface area (Å²) in [5.74, 6) is 1.14. The SMILES string of the molecule is CCCC(C)(Pc1ccc(C)cc1CNC)c1cc(OC)ccc1O. The summed E-state index contributed by atoms with van der Waals surface area (Å²) in [4.78, 5) is 0. The van der Waals surface area contributed by atoms with E-state index < -0.39 is 0 Å². The van der Waals surface area contributed by atoms with Gasteiger partial charge in [0.25, 0.3) is 0 Å². The molecule has 0 spiro atoms. The predicted molar refractivity (Wildman–Crippen MR) is 109 cm³/mol. The lowest BCUT2D eigenvalue weighted by atomic mass is 9.94. The summed E-state index contributed by atoms with van der Waals surface area (Å²) in [5, 5.41) is 15.0. The third kappa shape index (κ3) is 4.74. The molecule has 2 aromatic carbocycles. The molecule has 0 aromatic heterocycles. The summed E-state index contributed by atoms with van der Waals surface area (Å²) in [6.07, 6.45) is 2.08. The molecule has 0 aliphatic heterocycles. The summed E-state index contributed by atoms with van der Waals surface area (Å²) in [6.45, 7) is 7.44. The molecule has 2 unspecified atom stereocenters. The fourth-order valence-corrected chi connectivity index (χ4v) is 5.12. The quantitative estimate of drug-likeness (QED) is 0.684. The Labute approximate surface area is 153 Å². The van der Waals surface area contributed by atoms with Gasteiger partial charge in [-0.1, -0.05) is 52.6 Å². The van der Waals surface area contributed by atoms with E-state index in [-0.39, 0.29) is 5.16 Å². The van der Waals surface area contributed by atoms with Crippen LogP contribution < -0.4 is 15.4 Å². The van der Waals surface area contributed by atoms with Crippen molar-refractivity contribution in [3.05, 3.63) is 53.1 Å². The second-order valence-corrected chi connectivity index (χ2v) is 8.67. The average Bonchev–Trinajstić information content (AvgIpc) is 2.58. The van der Waals surface area contributed by atoms with E-state index in [9.17, 15) is 5.11 Å². The summed E-state index contributed by atoms with van der Waals surface area (Å²) in [5.41, 5.74) is 3.59. The van der Waals surface area contributed by atoms with E-state index in [4.69, 9.17) is 4.74 Å². The first-order valence-corrected chi connectivity index (χ1v) is 9.83. The lowest BCUT2D eigenvalue weighted by Crippen LogP contribution is -2.22. The minimum atomic E-state index is -0.120. The molecule has 2 rings (SSSR count). The van der Waals surface area contributed by atoms with E-state index in [0.29, 0.717) is 14.3 Å². The Morgan fingerprint density at radius 2 is 1.96 bits per heavy atom. The Kier molecular flexibility index (Phi) is 6.87. The van der Waals surface area contributed by atoms with Gasteiger partial charge in [-0.3, -0.25) is 0 Å². The van der Waals surface area contributed by atoms with Crippen LogP contribution in [0.4, 0.5) is 0 Å². The zero-order chi connectivity index (χ0) is 18.4. The lowest BCUT2D eigenvalue weighted by Gasteiger charge is -2.32. The Morgan fingerprint density at radius 3 is 2.60 bits per heavy atom. The first kappa shape index (κ1) is 19.8. The number of aromatic hydroxyl groups is 1. The first-order chi connectivity index (χ1) is 11.9. The smallest absolute Gasteiger partial charge is 0.119 e. The maximum Gasteiger partial charge on any atom is 0.119 e. The zero-order valence-corrected chi connectivity index (χ0v) is 16.9. The van der Waals surface area contributed by atoms with E-state index in [1.165, 1.54) is 16.4 Å². The van der Waals surface area contributed by atoms with Gasteiger partial charge >= 0.3 is 0 Å². The highest BCUT2D eigenvalue weighted by Crippen LogP contribution is 2.49. The van der Waals surface area contributed by atoms with Gasteiger partial charge in [-0.05, 0) is 49.5 Å². The molecular weight excluding hydrogens is 329 g/mol. The first-order valence-electron chi connectivity index (χ1n) is 8.83. The van der Waals surface area contributed by atoms with Crippen molar-refractivity contribution in [2.45, 2.75) is 45.3 Å². The molecule has 0 bridgehead atoms. The molecule has 2 N–H and O–H groups in total. The molecule has 2 aromatic rings. The second-order valence-electron chi connectivity index (χ2n) is 6.78. The van der Waals surface area contributed by atoms with Gasteiger partial charge in [-0.2, -0.15) is 0 Å². The van der Waals surface area contributed by atoms with Gasteiger partial charge in [0.1, 0.15) is 11.5 Å². The number of rotatable bonds is 8. The summed E-state index contributed by atoms with van der Waals surface area (Å²) >= 11 is 0. The average molecular weight is 359 g/mol. The molecule has 136 valence electrons. The molecule has 2 atom stereocenters. The van der Waals surface area contributed by atoms with Crippen LogP contribution in [0.2, 0.25) is 0 Å². The van der Waals surface area contributed by atoms with Gasteiger partial charge in [0.05, 0.1) is 7.11 Å². The van der Waals surface area contributed by atoms with Crippen LogP contribution in [-0.2, 0) is 11.7 Å². The fourth-order valence-electron chi connectivity index (χ4n) is 3.33. The van der Waals surface area contributed by atoms with E-state index in [0.717, 1.165) is 30.7 Å². The molecule has 25 heavy (non-hydrogen) atoms. The van der Waals surface area contributed by atoms with Crippen LogP contribution in [0.25, 0.3) is 0 Å². The molecule has 0 fully saturated rings. The molecule has 0 amide bonds. The number of hydrogen-bond donors (Lipinski definition) is 2. The van der Waals surface area contributed by atoms with Crippen molar-refractivity contribution >= 4 is 13.9 Å². The number of benzene rings is 2. The van der Waals surface area contributed by atoms with Gasteiger partial charge in [0, 0.05) is 17.3 Å². The largest absolute Gasteiger partial charge is 0.508 e. The van der Waals surface area contributed by atoms with Crippen LogP contribution in [0.15, 0.2) is 36.4 Å². The number of ether oxygens (including phenoxy) is 1. The molecule has 0 aliphatic carbocycles. The van der Waals surface area contributed by atoms with Crippen molar-refractivity contribution in [1.29, 1.82) is 0 Å². The Bertz CT molecular complexity index is 717. The highest BCUT2D eigenvalue weighted by Gasteiger charge is 2.30. The maximum absolute atomic E-state index is 10.5. The van der Waals surface area contributed by atoms with Crippen LogP contribution in [-0.4, -0.2) is 19.3 Å². The van der Waals surface area contributed by atoms with Crippen molar-refractivity contribution in [3.63, 3.8) is 0 Å². The maximum atomic E-state index is 10.5. The standard InChI is InChI=1S/C21H30NO2P/c1-6-11-21(3,18-13-17(24-5)8-9-19(18)23)25-20-10-7-15(2)12-16(20)14-22-4/h7-10,12-13,22-23,25H,6,11,14H2,1-5H3. The number of phenolic OH excluding ortho intramolecular Hbond substituents is 1. The molecule has 0 aliphatic rings. The van der Waals surface area contributed by atoms with Crippen molar-refractivity contribution in [1.82, 2.24) is 5.32 Å². The predicted octanol–water partition coefficient (Wildman–Crippen LogP) is 4.45. The van der Waals surface area contributed by atoms with Gasteiger partial charge in [0.2, 0.25) is 0 Å². The Hall–Kier alpha value is -1.57. The molecule has 0 radical (unpaired) electrons. The van der Waals surface area contributed by atoms with Crippen LogP contribution >= 0.6 is 8.58 Å². The topological polar surface area (TPSA) is 41.5 Å². The lowest BCUT2D eigenvalue weighted by molar-refractivity contribution is 0.407. The van der Waals surface area contributed by atoms with Crippen LogP contribution in [0.5, 0.6) is 11.5 Å². The molecular formula is C21H30NO2P. The normalized spacial score (nSPS) is 14.0. The van der Waals surface area contributed by atoms with E-state index >= 15 is 0 Å². The number of hydrogen-bond acceptors (Lipinski definition) is 3. The minimum absolute atomic E-state index is 0.120. The number of nitrogens with one attached hydrogen (secondary N) is 1. The van der Waals surface area contributed by atoms with Crippen LogP contribution in [0.3, 0.4) is 0 Å². The highest BCUT2D eigenvalue weighted by molar-refractivity contribution is 7.48. The van der Waals surface area contributed by atoms with Gasteiger partial charge in [-0.15, -0.1) is 0 Å². The third-order valence-corrected chi connectivity index (χ3v) is 6.41. The molecule has 0 saturated carbocycles. The minimum Gasteiger partial charge on any atom is -0.508 e. The molecule has 3 nitrogen and oxygen atoms in total. The van der Waals surface area contributed by atoms with Crippen molar-refractivity contribution in [3.8, 4) is 11.5 Å². The van der Waals surface area contributed by atoms with Crippen molar-refractivity contribution < 1.29 is 9.84 Å².